The first-order chi connectivity index (χ1) is 8.81. The second-order valence-electron chi connectivity index (χ2n) is 4.43. The molecule has 1 fully saturated rings. The molecule has 1 aromatic rings. The van der Waals surface area contributed by atoms with E-state index in [1.54, 1.807) is 0 Å². The van der Waals surface area contributed by atoms with Gasteiger partial charge in [0.25, 0.3) is 0 Å². The van der Waals surface area contributed by atoms with Crippen molar-refractivity contribution in [3.8, 4) is 5.88 Å². The van der Waals surface area contributed by atoms with E-state index in [1.165, 1.54) is 12.8 Å². The number of hydrogen-bond acceptors (Lipinski definition) is 5. The van der Waals surface area contributed by atoms with Crippen molar-refractivity contribution in [3.63, 3.8) is 0 Å². The summed E-state index contributed by atoms with van der Waals surface area (Å²) in [6.07, 6.45) is 2.55. The van der Waals surface area contributed by atoms with Gasteiger partial charge in [0.1, 0.15) is 12.4 Å². The molecular formula is C13H21N3O2. The van der Waals surface area contributed by atoms with Gasteiger partial charge in [0.05, 0.1) is 6.61 Å². The predicted molar refractivity (Wildman–Crippen MR) is 69.7 cm³/mol. The minimum atomic E-state index is 0.426. The molecule has 0 amide bonds. The molecular weight excluding hydrogens is 230 g/mol. The second-order valence-corrected chi connectivity index (χ2v) is 4.43. The van der Waals surface area contributed by atoms with Crippen LogP contribution in [0.3, 0.4) is 0 Å². The Bertz CT molecular complexity index is 380. The topological polar surface area (TPSA) is 56.3 Å². The molecule has 1 aliphatic rings. The van der Waals surface area contributed by atoms with Gasteiger partial charge < -0.3 is 14.8 Å². The number of anilines is 1. The highest BCUT2D eigenvalue weighted by atomic mass is 16.5. The molecule has 0 aromatic carbocycles. The van der Waals surface area contributed by atoms with E-state index in [9.17, 15) is 0 Å². The Hall–Kier alpha value is -1.36. The lowest BCUT2D eigenvalue weighted by atomic mass is 10.4. The molecule has 5 heteroatoms. The lowest BCUT2D eigenvalue weighted by Gasteiger charge is -2.09. The van der Waals surface area contributed by atoms with Gasteiger partial charge in [0.15, 0.2) is 5.82 Å². The maximum Gasteiger partial charge on any atom is 0.218 e. The van der Waals surface area contributed by atoms with Gasteiger partial charge >= 0.3 is 0 Å². The van der Waals surface area contributed by atoms with Gasteiger partial charge in [-0.15, -0.1) is 0 Å². The Morgan fingerprint density at radius 1 is 1.33 bits per heavy atom. The lowest BCUT2D eigenvalue weighted by Crippen LogP contribution is -2.08. The fraction of sp³-hybridized carbons (Fsp3) is 0.692. The maximum atomic E-state index is 5.69. The van der Waals surface area contributed by atoms with Gasteiger partial charge in [-0.25, -0.2) is 4.98 Å². The summed E-state index contributed by atoms with van der Waals surface area (Å²) in [7, 11) is 0. The summed E-state index contributed by atoms with van der Waals surface area (Å²) in [5.74, 6) is 2.83. The van der Waals surface area contributed by atoms with Crippen LogP contribution < -0.4 is 10.1 Å². The number of aromatic nitrogens is 2. The van der Waals surface area contributed by atoms with Crippen molar-refractivity contribution in [1.82, 2.24) is 9.97 Å². The fourth-order valence-electron chi connectivity index (χ4n) is 1.56. The Morgan fingerprint density at radius 3 is 2.83 bits per heavy atom. The van der Waals surface area contributed by atoms with Crippen LogP contribution in [0, 0.1) is 5.92 Å². The first-order valence-electron chi connectivity index (χ1n) is 6.64. The SMILES string of the molecule is CCNc1cc(OCC2CC2)nc(COCC)n1. The molecule has 100 valence electrons. The molecule has 1 N–H and O–H groups in total. The van der Waals surface area contributed by atoms with Gasteiger partial charge in [0, 0.05) is 19.2 Å². The van der Waals surface area contributed by atoms with Gasteiger partial charge in [-0.2, -0.15) is 4.98 Å². The van der Waals surface area contributed by atoms with Crippen LogP contribution >= 0.6 is 0 Å². The van der Waals surface area contributed by atoms with Gasteiger partial charge in [-0.05, 0) is 32.6 Å². The molecule has 0 atom stereocenters. The zero-order valence-corrected chi connectivity index (χ0v) is 11.1. The molecule has 0 aliphatic heterocycles. The van der Waals surface area contributed by atoms with E-state index in [4.69, 9.17) is 9.47 Å². The summed E-state index contributed by atoms with van der Waals surface area (Å²) in [4.78, 5) is 8.73. The monoisotopic (exact) mass is 251 g/mol. The van der Waals surface area contributed by atoms with Crippen molar-refractivity contribution in [2.75, 3.05) is 25.1 Å². The molecule has 0 spiro atoms. The van der Waals surface area contributed by atoms with Crippen LogP contribution in [0.15, 0.2) is 6.07 Å². The molecule has 1 heterocycles. The largest absolute Gasteiger partial charge is 0.477 e. The van der Waals surface area contributed by atoms with E-state index in [2.05, 4.69) is 15.3 Å². The van der Waals surface area contributed by atoms with Crippen LogP contribution in [0.1, 0.15) is 32.5 Å². The molecule has 0 bridgehead atoms. The highest BCUT2D eigenvalue weighted by molar-refractivity contribution is 5.38. The smallest absolute Gasteiger partial charge is 0.218 e. The molecule has 18 heavy (non-hydrogen) atoms. The molecule has 0 radical (unpaired) electrons. The van der Waals surface area contributed by atoms with E-state index in [1.807, 2.05) is 19.9 Å². The van der Waals surface area contributed by atoms with Crippen LogP contribution in [0.5, 0.6) is 5.88 Å². The Morgan fingerprint density at radius 2 is 2.17 bits per heavy atom. The van der Waals surface area contributed by atoms with Gasteiger partial charge in [0.2, 0.25) is 5.88 Å². The van der Waals surface area contributed by atoms with E-state index >= 15 is 0 Å². The van der Waals surface area contributed by atoms with Crippen molar-refractivity contribution < 1.29 is 9.47 Å². The molecule has 2 rings (SSSR count). The summed E-state index contributed by atoms with van der Waals surface area (Å²) in [6, 6.07) is 1.85. The number of ether oxygens (including phenoxy) is 2. The summed E-state index contributed by atoms with van der Waals surface area (Å²) >= 11 is 0. The second kappa shape index (κ2) is 6.54. The zero-order chi connectivity index (χ0) is 12.8. The van der Waals surface area contributed by atoms with E-state index in [0.29, 0.717) is 24.9 Å². The minimum Gasteiger partial charge on any atom is -0.477 e. The molecule has 5 nitrogen and oxygen atoms in total. The maximum absolute atomic E-state index is 5.69. The van der Waals surface area contributed by atoms with Crippen LogP contribution in [0.4, 0.5) is 5.82 Å². The fourth-order valence-corrected chi connectivity index (χ4v) is 1.56. The summed E-state index contributed by atoms with van der Waals surface area (Å²) in [5, 5.41) is 3.18. The number of hydrogen-bond donors (Lipinski definition) is 1. The van der Waals surface area contributed by atoms with Crippen molar-refractivity contribution in [1.29, 1.82) is 0 Å². The van der Waals surface area contributed by atoms with E-state index in [-0.39, 0.29) is 0 Å². The van der Waals surface area contributed by atoms with Crippen molar-refractivity contribution in [2.24, 2.45) is 5.92 Å². The third-order valence-corrected chi connectivity index (χ3v) is 2.71. The minimum absolute atomic E-state index is 0.426. The summed E-state index contributed by atoms with van der Waals surface area (Å²) < 4.78 is 11.0. The van der Waals surface area contributed by atoms with E-state index < -0.39 is 0 Å². The van der Waals surface area contributed by atoms with Crippen molar-refractivity contribution >= 4 is 5.82 Å². The van der Waals surface area contributed by atoms with Crippen LogP contribution in [0.2, 0.25) is 0 Å². The summed E-state index contributed by atoms with van der Waals surface area (Å²) in [6.45, 7) is 6.67. The quantitative estimate of drug-likeness (QED) is 0.768. The zero-order valence-electron chi connectivity index (χ0n) is 11.1. The van der Waals surface area contributed by atoms with Gasteiger partial charge in [-0.3, -0.25) is 0 Å². The highest BCUT2D eigenvalue weighted by Gasteiger charge is 2.22. The number of nitrogens with zero attached hydrogens (tertiary/aromatic N) is 2. The predicted octanol–water partition coefficient (Wildman–Crippen LogP) is 2.23. The molecule has 1 saturated carbocycles. The Kier molecular flexibility index (Phi) is 4.75. The molecule has 0 saturated heterocycles. The normalized spacial score (nSPS) is 14.6. The molecule has 1 aromatic heterocycles. The first kappa shape index (κ1) is 13.1. The average Bonchev–Trinajstić information content (AvgIpc) is 3.18. The number of nitrogens with one attached hydrogen (secondary N) is 1. The third-order valence-electron chi connectivity index (χ3n) is 2.71. The Labute approximate surface area is 108 Å². The van der Waals surface area contributed by atoms with Crippen LogP contribution in [-0.4, -0.2) is 29.7 Å². The van der Waals surface area contributed by atoms with Crippen molar-refractivity contribution in [2.45, 2.75) is 33.3 Å². The van der Waals surface area contributed by atoms with Crippen LogP contribution in [0.25, 0.3) is 0 Å². The summed E-state index contributed by atoms with van der Waals surface area (Å²) in [5.41, 5.74) is 0. The van der Waals surface area contributed by atoms with Crippen molar-refractivity contribution in [3.05, 3.63) is 11.9 Å². The average molecular weight is 251 g/mol. The third kappa shape index (κ3) is 4.14. The first-order valence-corrected chi connectivity index (χ1v) is 6.64. The lowest BCUT2D eigenvalue weighted by molar-refractivity contribution is 0.127. The van der Waals surface area contributed by atoms with E-state index in [0.717, 1.165) is 24.9 Å². The molecule has 0 unspecified atom stereocenters. The number of rotatable bonds is 8. The Balaban J connectivity index is 2.01. The highest BCUT2D eigenvalue weighted by Crippen LogP contribution is 2.29. The van der Waals surface area contributed by atoms with Gasteiger partial charge in [-0.1, -0.05) is 0 Å². The molecule has 1 aliphatic carbocycles. The standard InChI is InChI=1S/C13H21N3O2/c1-3-14-11-7-13(18-8-10-5-6-10)16-12(15-11)9-17-4-2/h7,10H,3-6,8-9H2,1-2H3,(H,14,15,16). The van der Waals surface area contributed by atoms with Crippen LogP contribution in [-0.2, 0) is 11.3 Å².